The third-order valence-electron chi connectivity index (χ3n) is 4.63. The van der Waals surface area contributed by atoms with E-state index in [4.69, 9.17) is 4.74 Å². The van der Waals surface area contributed by atoms with Crippen molar-refractivity contribution in [2.75, 3.05) is 39.4 Å². The van der Waals surface area contributed by atoms with Crippen molar-refractivity contribution in [2.45, 2.75) is 32.1 Å². The molecule has 22 heavy (non-hydrogen) atoms. The van der Waals surface area contributed by atoms with E-state index in [0.29, 0.717) is 18.4 Å². The van der Waals surface area contributed by atoms with E-state index in [2.05, 4.69) is 26.5 Å². The summed E-state index contributed by atoms with van der Waals surface area (Å²) in [5.74, 6) is 1.06. The number of H-pyrrole nitrogens is 1. The summed E-state index contributed by atoms with van der Waals surface area (Å²) in [4.78, 5) is 14.3. The van der Waals surface area contributed by atoms with Gasteiger partial charge >= 0.3 is 0 Å². The van der Waals surface area contributed by atoms with Crippen LogP contribution in [-0.4, -0.2) is 60.4 Å². The number of nitrogens with one attached hydrogen (secondary N) is 2. The molecule has 0 radical (unpaired) electrons. The summed E-state index contributed by atoms with van der Waals surface area (Å²) in [7, 11) is 0. The van der Waals surface area contributed by atoms with Crippen molar-refractivity contribution in [2.24, 2.45) is 5.92 Å². The molecule has 122 valence electrons. The Hall–Kier alpha value is -1.40. The smallest absolute Gasteiger partial charge is 0.234 e. The largest absolute Gasteiger partial charge is 0.381 e. The van der Waals surface area contributed by atoms with E-state index in [1.54, 1.807) is 0 Å². The van der Waals surface area contributed by atoms with E-state index in [1.807, 2.05) is 6.92 Å². The van der Waals surface area contributed by atoms with Gasteiger partial charge in [0.25, 0.3) is 0 Å². The highest BCUT2D eigenvalue weighted by atomic mass is 16.5. The maximum atomic E-state index is 12.1. The Morgan fingerprint density at radius 3 is 3.18 bits per heavy atom. The maximum Gasteiger partial charge on any atom is 0.234 e. The van der Waals surface area contributed by atoms with Crippen LogP contribution in [0.15, 0.2) is 6.07 Å². The Bertz CT molecular complexity index is 496. The zero-order valence-corrected chi connectivity index (χ0v) is 13.3. The normalized spacial score (nSPS) is 26.2. The van der Waals surface area contributed by atoms with Crippen molar-refractivity contribution in [1.29, 1.82) is 0 Å². The molecule has 2 atom stereocenters. The lowest BCUT2D eigenvalue weighted by molar-refractivity contribution is -0.122. The molecule has 0 aromatic carbocycles. The van der Waals surface area contributed by atoms with Gasteiger partial charge in [-0.2, -0.15) is 5.10 Å². The fraction of sp³-hybridized carbons (Fsp3) is 0.750. The molecule has 0 unspecified atom stereocenters. The number of carbonyl (C=O) groups is 1. The highest BCUT2D eigenvalue weighted by Crippen LogP contribution is 2.25. The van der Waals surface area contributed by atoms with Gasteiger partial charge in [0.15, 0.2) is 0 Å². The van der Waals surface area contributed by atoms with Gasteiger partial charge in [-0.1, -0.05) is 0 Å². The fourth-order valence-corrected chi connectivity index (χ4v) is 3.35. The number of likely N-dealkylation sites (tertiary alicyclic amines) is 1. The summed E-state index contributed by atoms with van der Waals surface area (Å²) in [6.45, 7) is 6.80. The number of hydrogen-bond donors (Lipinski definition) is 2. The molecule has 1 amide bonds. The topological polar surface area (TPSA) is 70.2 Å². The molecule has 2 fully saturated rings. The van der Waals surface area contributed by atoms with E-state index in [0.717, 1.165) is 63.5 Å². The lowest BCUT2D eigenvalue weighted by Crippen LogP contribution is -2.43. The molecular formula is C16H26N4O2. The maximum absolute atomic E-state index is 12.1. The average Bonchev–Trinajstić information content (AvgIpc) is 3.17. The molecule has 3 heterocycles. The minimum absolute atomic E-state index is 0.130. The number of hydrogen-bond acceptors (Lipinski definition) is 4. The van der Waals surface area contributed by atoms with Gasteiger partial charge in [-0.15, -0.1) is 0 Å². The van der Waals surface area contributed by atoms with Crippen molar-refractivity contribution in [1.82, 2.24) is 20.4 Å². The third-order valence-corrected chi connectivity index (χ3v) is 4.63. The molecule has 1 aromatic heterocycles. The number of ether oxygens (including phenoxy) is 1. The van der Waals surface area contributed by atoms with Crippen LogP contribution in [0.2, 0.25) is 0 Å². The van der Waals surface area contributed by atoms with Gasteiger partial charge in [-0.25, -0.2) is 0 Å². The number of amides is 1. The van der Waals surface area contributed by atoms with Crippen molar-refractivity contribution in [3.8, 4) is 0 Å². The molecule has 3 rings (SSSR count). The van der Waals surface area contributed by atoms with Crippen molar-refractivity contribution < 1.29 is 9.53 Å². The van der Waals surface area contributed by atoms with Gasteiger partial charge in [0.2, 0.25) is 5.91 Å². The summed E-state index contributed by atoms with van der Waals surface area (Å²) >= 11 is 0. The standard InChI is InChI=1S/C16H26N4O2/c1-12-7-15(19-18-12)14-3-2-5-20(9-14)10-16(21)17-8-13-4-6-22-11-13/h7,13-14H,2-6,8-11H2,1H3,(H,17,21)(H,18,19)/t13-,14-/m0/s1. The number of carbonyl (C=O) groups excluding carboxylic acids is 1. The monoisotopic (exact) mass is 306 g/mol. The van der Waals surface area contributed by atoms with Crippen LogP contribution in [0.3, 0.4) is 0 Å². The predicted molar refractivity (Wildman–Crippen MR) is 83.7 cm³/mol. The molecule has 6 heteroatoms. The van der Waals surface area contributed by atoms with Crippen molar-refractivity contribution >= 4 is 5.91 Å². The number of aryl methyl sites for hydroxylation is 1. The second-order valence-corrected chi connectivity index (χ2v) is 6.58. The molecule has 0 spiro atoms. The van der Waals surface area contributed by atoms with Gasteiger partial charge in [-0.3, -0.25) is 14.8 Å². The summed E-state index contributed by atoms with van der Waals surface area (Å²) in [5, 5.41) is 10.4. The molecule has 2 aliphatic heterocycles. The van der Waals surface area contributed by atoms with E-state index in [9.17, 15) is 4.79 Å². The summed E-state index contributed by atoms with van der Waals surface area (Å²) in [5.41, 5.74) is 2.23. The van der Waals surface area contributed by atoms with Crippen molar-refractivity contribution in [3.05, 3.63) is 17.5 Å². The van der Waals surface area contributed by atoms with Gasteiger partial charge in [-0.05, 0) is 38.8 Å². The van der Waals surface area contributed by atoms with E-state index >= 15 is 0 Å². The quantitative estimate of drug-likeness (QED) is 0.853. The fourth-order valence-electron chi connectivity index (χ4n) is 3.35. The number of piperidine rings is 1. The first-order valence-electron chi connectivity index (χ1n) is 8.29. The molecule has 1 aromatic rings. The summed E-state index contributed by atoms with van der Waals surface area (Å²) in [6.07, 6.45) is 3.34. The highest BCUT2D eigenvalue weighted by Gasteiger charge is 2.24. The second-order valence-electron chi connectivity index (χ2n) is 6.58. The van der Waals surface area contributed by atoms with E-state index in [-0.39, 0.29) is 5.91 Å². The van der Waals surface area contributed by atoms with Crippen molar-refractivity contribution in [3.63, 3.8) is 0 Å². The number of nitrogens with zero attached hydrogens (tertiary/aromatic N) is 2. The third kappa shape index (κ3) is 4.08. The van der Waals surface area contributed by atoms with Crippen LogP contribution in [-0.2, 0) is 9.53 Å². The summed E-state index contributed by atoms with van der Waals surface area (Å²) < 4.78 is 5.33. The Kier molecular flexibility index (Phi) is 5.10. The Morgan fingerprint density at radius 2 is 2.45 bits per heavy atom. The molecule has 0 aliphatic carbocycles. The van der Waals surface area contributed by atoms with Crippen LogP contribution < -0.4 is 5.32 Å². The summed E-state index contributed by atoms with van der Waals surface area (Å²) in [6, 6.07) is 2.12. The van der Waals surface area contributed by atoms with Crippen LogP contribution in [0, 0.1) is 12.8 Å². The molecule has 6 nitrogen and oxygen atoms in total. The van der Waals surface area contributed by atoms with Gasteiger partial charge in [0.1, 0.15) is 0 Å². The minimum atomic E-state index is 0.130. The van der Waals surface area contributed by atoms with E-state index in [1.165, 1.54) is 0 Å². The lowest BCUT2D eigenvalue weighted by Gasteiger charge is -2.31. The van der Waals surface area contributed by atoms with Crippen LogP contribution >= 0.6 is 0 Å². The number of aromatic nitrogens is 2. The zero-order chi connectivity index (χ0) is 15.4. The average molecular weight is 306 g/mol. The van der Waals surface area contributed by atoms with Crippen LogP contribution in [0.4, 0.5) is 0 Å². The number of aromatic amines is 1. The van der Waals surface area contributed by atoms with Gasteiger partial charge in [0, 0.05) is 37.2 Å². The minimum Gasteiger partial charge on any atom is -0.381 e. The Balaban J connectivity index is 1.44. The first kappa shape index (κ1) is 15.5. The SMILES string of the molecule is Cc1cc([C@H]2CCCN(CC(=O)NC[C@@H]3CCOC3)C2)n[nH]1. The number of rotatable bonds is 5. The van der Waals surface area contributed by atoms with Gasteiger partial charge < -0.3 is 10.1 Å². The molecule has 0 saturated carbocycles. The molecule has 2 N–H and O–H groups in total. The lowest BCUT2D eigenvalue weighted by atomic mass is 9.94. The highest BCUT2D eigenvalue weighted by molar-refractivity contribution is 5.78. The van der Waals surface area contributed by atoms with E-state index < -0.39 is 0 Å². The van der Waals surface area contributed by atoms with Crippen LogP contribution in [0.5, 0.6) is 0 Å². The van der Waals surface area contributed by atoms with Crippen LogP contribution in [0.1, 0.15) is 36.6 Å². The molecule has 0 bridgehead atoms. The Morgan fingerprint density at radius 1 is 1.55 bits per heavy atom. The first-order valence-corrected chi connectivity index (χ1v) is 8.29. The zero-order valence-electron chi connectivity index (χ0n) is 13.3. The first-order chi connectivity index (χ1) is 10.7. The molecule has 2 aliphatic rings. The second kappa shape index (κ2) is 7.24. The molecule has 2 saturated heterocycles. The van der Waals surface area contributed by atoms with Crippen LogP contribution in [0.25, 0.3) is 0 Å². The molecular weight excluding hydrogens is 280 g/mol. The van der Waals surface area contributed by atoms with Gasteiger partial charge in [0.05, 0.1) is 18.8 Å². The Labute approximate surface area is 131 Å². The predicted octanol–water partition coefficient (Wildman–Crippen LogP) is 1.05.